The summed E-state index contributed by atoms with van der Waals surface area (Å²) in [6.07, 6.45) is 4.95. The number of piperidine rings is 1. The van der Waals surface area contributed by atoms with Crippen LogP contribution in [0.2, 0.25) is 0 Å². The molecule has 2 fully saturated rings. The summed E-state index contributed by atoms with van der Waals surface area (Å²) < 4.78 is 0. The summed E-state index contributed by atoms with van der Waals surface area (Å²) in [6.45, 7) is 5.69. The summed E-state index contributed by atoms with van der Waals surface area (Å²) in [7, 11) is 0. The molecule has 1 N–H and O–H groups in total. The minimum absolute atomic E-state index is 0.130. The molecular weight excluding hydrogens is 268 g/mol. The van der Waals surface area contributed by atoms with E-state index in [9.17, 15) is 10.1 Å². The molecule has 2 aliphatic rings. The summed E-state index contributed by atoms with van der Waals surface area (Å²) in [5, 5.41) is 18.2. The number of carbonyl (C=O) groups is 1. The Hall–Kier alpha value is -1.58. The van der Waals surface area contributed by atoms with E-state index >= 15 is 0 Å². The fraction of sp³-hybridized carbons (Fsp3) is 0.733. The van der Waals surface area contributed by atoms with Crippen LogP contribution >= 0.6 is 0 Å². The highest BCUT2D eigenvalue weighted by Gasteiger charge is 2.22. The number of rotatable bonds is 4. The van der Waals surface area contributed by atoms with Gasteiger partial charge in [0.25, 0.3) is 5.91 Å². The normalized spacial score (nSPS) is 21.2. The van der Waals surface area contributed by atoms with E-state index in [4.69, 9.17) is 5.11 Å². The molecule has 0 aromatic carbocycles. The van der Waals surface area contributed by atoms with E-state index in [2.05, 4.69) is 11.0 Å². The Balaban J connectivity index is 1.91. The summed E-state index contributed by atoms with van der Waals surface area (Å²) in [6, 6.07) is 2.06. The van der Waals surface area contributed by atoms with E-state index in [0.29, 0.717) is 6.54 Å². The molecule has 1 amide bonds. The molecule has 6 heteroatoms. The van der Waals surface area contributed by atoms with Gasteiger partial charge in [-0.15, -0.1) is 0 Å². The maximum Gasteiger partial charge on any atom is 0.266 e. The molecule has 0 atom stereocenters. The largest absolute Gasteiger partial charge is 0.395 e. The van der Waals surface area contributed by atoms with E-state index < -0.39 is 0 Å². The standard InChI is InChI=1S/C15H24N4O2/c16-12-14(15(21)19-4-2-1-3-5-19)13-18-8-6-17(7-9-18)10-11-20/h13,20H,1-11H2/b14-13-. The van der Waals surface area contributed by atoms with Gasteiger partial charge in [-0.3, -0.25) is 9.69 Å². The Morgan fingerprint density at radius 2 is 1.76 bits per heavy atom. The molecule has 21 heavy (non-hydrogen) atoms. The number of β-amino-alcohol motifs (C(OH)–C–C–N with tert-alkyl or cyclic N) is 1. The van der Waals surface area contributed by atoms with Crippen molar-refractivity contribution in [1.29, 1.82) is 5.26 Å². The Kier molecular flexibility index (Phi) is 6.03. The highest BCUT2D eigenvalue weighted by molar-refractivity contribution is 5.97. The zero-order chi connectivity index (χ0) is 15.1. The quantitative estimate of drug-likeness (QED) is 0.584. The van der Waals surface area contributed by atoms with E-state index in [1.165, 1.54) is 6.42 Å². The number of aliphatic hydroxyl groups is 1. The van der Waals surface area contributed by atoms with Crippen molar-refractivity contribution in [2.75, 3.05) is 52.4 Å². The number of hydrogen-bond acceptors (Lipinski definition) is 5. The van der Waals surface area contributed by atoms with Crippen LogP contribution in [0, 0.1) is 11.3 Å². The zero-order valence-corrected chi connectivity index (χ0v) is 12.5. The van der Waals surface area contributed by atoms with Crippen molar-refractivity contribution in [1.82, 2.24) is 14.7 Å². The van der Waals surface area contributed by atoms with Gasteiger partial charge in [-0.05, 0) is 19.3 Å². The van der Waals surface area contributed by atoms with E-state index in [1.807, 2.05) is 4.90 Å². The first-order chi connectivity index (χ1) is 10.2. The molecular formula is C15H24N4O2. The van der Waals surface area contributed by atoms with Crippen molar-refractivity contribution in [3.63, 3.8) is 0 Å². The number of carbonyl (C=O) groups excluding carboxylic acids is 1. The maximum atomic E-state index is 12.3. The molecule has 0 aliphatic carbocycles. The number of aliphatic hydroxyl groups excluding tert-OH is 1. The SMILES string of the molecule is N#C/C(=C/N1CCN(CCO)CC1)C(=O)N1CCCCC1. The number of hydrogen-bond donors (Lipinski definition) is 1. The second-order valence-corrected chi connectivity index (χ2v) is 5.61. The second-order valence-electron chi connectivity index (χ2n) is 5.61. The van der Waals surface area contributed by atoms with Crippen LogP contribution in [-0.4, -0.2) is 78.1 Å². The van der Waals surface area contributed by atoms with Crippen LogP contribution in [0.4, 0.5) is 0 Å². The van der Waals surface area contributed by atoms with Crippen molar-refractivity contribution in [3.05, 3.63) is 11.8 Å². The first kappa shape index (κ1) is 15.8. The summed E-state index contributed by atoms with van der Waals surface area (Å²) in [5.41, 5.74) is 0.243. The highest BCUT2D eigenvalue weighted by atomic mass is 16.3. The predicted octanol–water partition coefficient (Wildman–Crippen LogP) is 0.0163. The third-order valence-electron chi connectivity index (χ3n) is 4.13. The van der Waals surface area contributed by atoms with Crippen LogP contribution < -0.4 is 0 Å². The van der Waals surface area contributed by atoms with Crippen LogP contribution in [0.15, 0.2) is 11.8 Å². The highest BCUT2D eigenvalue weighted by Crippen LogP contribution is 2.13. The minimum atomic E-state index is -0.130. The Morgan fingerprint density at radius 3 is 2.33 bits per heavy atom. The van der Waals surface area contributed by atoms with Crippen molar-refractivity contribution in [2.45, 2.75) is 19.3 Å². The van der Waals surface area contributed by atoms with Gasteiger partial charge in [0.1, 0.15) is 11.6 Å². The molecule has 0 radical (unpaired) electrons. The van der Waals surface area contributed by atoms with Crippen molar-refractivity contribution >= 4 is 5.91 Å². The van der Waals surface area contributed by atoms with Gasteiger partial charge >= 0.3 is 0 Å². The fourth-order valence-corrected chi connectivity index (χ4v) is 2.84. The maximum absolute atomic E-state index is 12.3. The molecule has 0 bridgehead atoms. The number of amides is 1. The van der Waals surface area contributed by atoms with E-state index in [1.54, 1.807) is 11.1 Å². The number of likely N-dealkylation sites (tertiary alicyclic amines) is 1. The lowest BCUT2D eigenvalue weighted by molar-refractivity contribution is -0.127. The van der Waals surface area contributed by atoms with Crippen molar-refractivity contribution in [2.24, 2.45) is 0 Å². The van der Waals surface area contributed by atoms with Gasteiger partial charge in [0, 0.05) is 52.0 Å². The fourth-order valence-electron chi connectivity index (χ4n) is 2.84. The summed E-state index contributed by atoms with van der Waals surface area (Å²) >= 11 is 0. The summed E-state index contributed by atoms with van der Waals surface area (Å²) in [4.78, 5) is 18.3. The molecule has 116 valence electrons. The molecule has 0 aromatic rings. The first-order valence-corrected chi connectivity index (χ1v) is 7.73. The molecule has 2 rings (SSSR count). The molecule has 0 saturated carbocycles. The van der Waals surface area contributed by atoms with Crippen LogP contribution in [0.1, 0.15) is 19.3 Å². The van der Waals surface area contributed by atoms with Gasteiger partial charge in [-0.1, -0.05) is 0 Å². The van der Waals surface area contributed by atoms with Crippen LogP contribution in [0.25, 0.3) is 0 Å². The lowest BCUT2D eigenvalue weighted by Crippen LogP contribution is -2.45. The topological polar surface area (TPSA) is 70.8 Å². The Bertz CT molecular complexity index is 416. The predicted molar refractivity (Wildman–Crippen MR) is 79.2 cm³/mol. The smallest absolute Gasteiger partial charge is 0.266 e. The van der Waals surface area contributed by atoms with Gasteiger partial charge in [0.05, 0.1) is 6.61 Å². The van der Waals surface area contributed by atoms with Crippen LogP contribution in [0.5, 0.6) is 0 Å². The first-order valence-electron chi connectivity index (χ1n) is 7.73. The molecule has 2 aliphatic heterocycles. The molecule has 6 nitrogen and oxygen atoms in total. The Labute approximate surface area is 126 Å². The summed E-state index contributed by atoms with van der Waals surface area (Å²) in [5.74, 6) is -0.130. The zero-order valence-electron chi connectivity index (χ0n) is 12.5. The number of piperazine rings is 1. The van der Waals surface area contributed by atoms with Crippen LogP contribution in [-0.2, 0) is 4.79 Å². The van der Waals surface area contributed by atoms with Gasteiger partial charge in [0.15, 0.2) is 0 Å². The van der Waals surface area contributed by atoms with Crippen molar-refractivity contribution in [3.8, 4) is 6.07 Å². The monoisotopic (exact) mass is 292 g/mol. The van der Waals surface area contributed by atoms with Crippen LogP contribution in [0.3, 0.4) is 0 Å². The molecule has 2 heterocycles. The minimum Gasteiger partial charge on any atom is -0.395 e. The van der Waals surface area contributed by atoms with E-state index in [-0.39, 0.29) is 18.1 Å². The third-order valence-corrected chi connectivity index (χ3v) is 4.13. The number of nitriles is 1. The van der Waals surface area contributed by atoms with Gasteiger partial charge in [-0.2, -0.15) is 5.26 Å². The van der Waals surface area contributed by atoms with Gasteiger partial charge < -0.3 is 14.9 Å². The molecule has 0 unspecified atom stereocenters. The van der Waals surface area contributed by atoms with Gasteiger partial charge in [-0.25, -0.2) is 0 Å². The van der Waals surface area contributed by atoms with Crippen molar-refractivity contribution < 1.29 is 9.90 Å². The third kappa shape index (κ3) is 4.45. The molecule has 2 saturated heterocycles. The molecule has 0 aromatic heterocycles. The second kappa shape index (κ2) is 8.01. The number of nitrogens with zero attached hydrogens (tertiary/aromatic N) is 4. The average molecular weight is 292 g/mol. The lowest BCUT2D eigenvalue weighted by Gasteiger charge is -2.34. The Morgan fingerprint density at radius 1 is 1.10 bits per heavy atom. The van der Waals surface area contributed by atoms with Gasteiger partial charge in [0.2, 0.25) is 0 Å². The molecule has 0 spiro atoms. The van der Waals surface area contributed by atoms with E-state index in [0.717, 1.165) is 52.1 Å². The average Bonchev–Trinajstić information content (AvgIpc) is 2.54. The lowest BCUT2D eigenvalue weighted by atomic mass is 10.1.